The number of rotatable bonds is 5. The van der Waals surface area contributed by atoms with Gasteiger partial charge in [0.1, 0.15) is 0 Å². The van der Waals surface area contributed by atoms with Gasteiger partial charge in [-0.25, -0.2) is 9.59 Å². The van der Waals surface area contributed by atoms with Gasteiger partial charge in [0.05, 0.1) is 18.8 Å². The fourth-order valence-electron chi connectivity index (χ4n) is 6.81. The topological polar surface area (TPSA) is 78.0 Å². The van der Waals surface area contributed by atoms with Crippen molar-refractivity contribution in [1.29, 1.82) is 0 Å². The third kappa shape index (κ3) is 4.88. The van der Waals surface area contributed by atoms with Crippen molar-refractivity contribution in [2.45, 2.75) is 70.5 Å². The van der Waals surface area contributed by atoms with E-state index in [1.165, 1.54) is 25.7 Å². The minimum Gasteiger partial charge on any atom is -0.450 e. The van der Waals surface area contributed by atoms with Gasteiger partial charge in [0.15, 0.2) is 0 Å². The summed E-state index contributed by atoms with van der Waals surface area (Å²) in [6.45, 7) is 7.63. The minimum atomic E-state index is -0.145. The Kier molecular flexibility index (Phi) is 6.95. The van der Waals surface area contributed by atoms with E-state index in [0.29, 0.717) is 36.6 Å². The van der Waals surface area contributed by atoms with Crippen LogP contribution in [0.2, 0.25) is 0 Å². The summed E-state index contributed by atoms with van der Waals surface area (Å²) < 4.78 is 5.20. The number of likely N-dealkylation sites (tertiary alicyclic amines) is 3. The molecule has 1 spiro atoms. The van der Waals surface area contributed by atoms with Crippen LogP contribution in [-0.2, 0) is 11.3 Å². The zero-order chi connectivity index (χ0) is 23.5. The van der Waals surface area contributed by atoms with E-state index in [-0.39, 0.29) is 12.1 Å². The van der Waals surface area contributed by atoms with Gasteiger partial charge in [0, 0.05) is 37.9 Å². The van der Waals surface area contributed by atoms with Gasteiger partial charge in [-0.2, -0.15) is 0 Å². The molecule has 4 aliphatic rings. The number of urea groups is 1. The first kappa shape index (κ1) is 23.4. The number of ether oxygens (including phenoxy) is 1. The Balaban J connectivity index is 1.06. The van der Waals surface area contributed by atoms with E-state index in [1.807, 2.05) is 30.0 Å². The van der Waals surface area contributed by atoms with Crippen LogP contribution in [0, 0.1) is 11.3 Å². The first-order valence-electron chi connectivity index (χ1n) is 13.2. The molecule has 4 fully saturated rings. The summed E-state index contributed by atoms with van der Waals surface area (Å²) in [5.41, 5.74) is 1.22. The summed E-state index contributed by atoms with van der Waals surface area (Å²) in [5, 5.41) is 3.08. The van der Waals surface area contributed by atoms with E-state index in [2.05, 4.69) is 20.1 Å². The Morgan fingerprint density at radius 2 is 1.97 bits per heavy atom. The van der Waals surface area contributed by atoms with Crippen molar-refractivity contribution in [3.8, 4) is 0 Å². The fraction of sp³-hybridized carbons (Fsp3) is 0.731. The largest absolute Gasteiger partial charge is 0.450 e. The van der Waals surface area contributed by atoms with Crippen molar-refractivity contribution < 1.29 is 14.3 Å². The van der Waals surface area contributed by atoms with Gasteiger partial charge in [0.2, 0.25) is 0 Å². The summed E-state index contributed by atoms with van der Waals surface area (Å²) in [6.07, 6.45) is 9.72. The quantitative estimate of drug-likeness (QED) is 0.714. The van der Waals surface area contributed by atoms with Crippen molar-refractivity contribution >= 4 is 12.1 Å². The number of nitrogens with zero attached hydrogens (tertiary/aromatic N) is 4. The number of carbonyl (C=O) groups is 2. The summed E-state index contributed by atoms with van der Waals surface area (Å²) >= 11 is 0. The van der Waals surface area contributed by atoms with Crippen LogP contribution in [0.3, 0.4) is 0 Å². The molecule has 4 heterocycles. The SMILES string of the molecule is CCOC(=O)N1CCC2(CC(N3CCC([C@@H]4CCCN4C(=O)NCc4ccccn4)CC3)C2)C1. The lowest BCUT2D eigenvalue weighted by molar-refractivity contribution is -0.0144. The molecule has 0 radical (unpaired) electrons. The highest BCUT2D eigenvalue weighted by atomic mass is 16.6. The molecule has 1 aromatic rings. The van der Waals surface area contributed by atoms with Gasteiger partial charge in [-0.15, -0.1) is 0 Å². The molecule has 34 heavy (non-hydrogen) atoms. The average molecular weight is 470 g/mol. The molecule has 3 saturated heterocycles. The maximum Gasteiger partial charge on any atom is 0.409 e. The molecule has 3 amide bonds. The number of aromatic nitrogens is 1. The molecule has 8 heteroatoms. The second kappa shape index (κ2) is 10.1. The molecule has 0 unspecified atom stereocenters. The van der Waals surface area contributed by atoms with Crippen LogP contribution < -0.4 is 5.32 Å². The molecule has 1 aromatic heterocycles. The molecule has 3 aliphatic heterocycles. The fourth-order valence-corrected chi connectivity index (χ4v) is 6.81. The van der Waals surface area contributed by atoms with E-state index in [0.717, 1.165) is 57.7 Å². The molecule has 1 saturated carbocycles. The predicted molar refractivity (Wildman–Crippen MR) is 129 cm³/mol. The van der Waals surface area contributed by atoms with E-state index in [4.69, 9.17) is 4.74 Å². The van der Waals surface area contributed by atoms with Crippen LogP contribution in [0.5, 0.6) is 0 Å². The van der Waals surface area contributed by atoms with E-state index in [1.54, 1.807) is 6.20 Å². The van der Waals surface area contributed by atoms with Gasteiger partial charge in [0.25, 0.3) is 0 Å². The highest BCUT2D eigenvalue weighted by Crippen LogP contribution is 2.51. The Labute approximate surface area is 203 Å². The third-order valence-electron chi connectivity index (χ3n) is 8.64. The molecule has 1 N–H and O–H groups in total. The van der Waals surface area contributed by atoms with Crippen LogP contribution in [0.4, 0.5) is 9.59 Å². The number of hydrogen-bond acceptors (Lipinski definition) is 5. The van der Waals surface area contributed by atoms with Gasteiger partial charge in [-0.1, -0.05) is 6.07 Å². The van der Waals surface area contributed by atoms with E-state index in [9.17, 15) is 9.59 Å². The van der Waals surface area contributed by atoms with Crippen molar-refractivity contribution in [3.05, 3.63) is 30.1 Å². The molecular formula is C26H39N5O3. The Hall–Kier alpha value is -2.35. The van der Waals surface area contributed by atoms with E-state index >= 15 is 0 Å². The zero-order valence-corrected chi connectivity index (χ0v) is 20.5. The van der Waals surface area contributed by atoms with Crippen LogP contribution in [0.15, 0.2) is 24.4 Å². The Bertz CT molecular complexity index is 851. The normalized spacial score (nSPS) is 29.9. The van der Waals surface area contributed by atoms with Crippen LogP contribution in [0.25, 0.3) is 0 Å². The van der Waals surface area contributed by atoms with Crippen molar-refractivity contribution in [3.63, 3.8) is 0 Å². The van der Waals surface area contributed by atoms with Gasteiger partial charge >= 0.3 is 12.1 Å². The molecule has 8 nitrogen and oxygen atoms in total. The molecule has 0 bridgehead atoms. The summed E-state index contributed by atoms with van der Waals surface area (Å²) in [5.74, 6) is 0.596. The summed E-state index contributed by atoms with van der Waals surface area (Å²) in [7, 11) is 0. The van der Waals surface area contributed by atoms with Crippen LogP contribution in [0.1, 0.15) is 57.6 Å². The highest BCUT2D eigenvalue weighted by molar-refractivity contribution is 5.74. The smallest absolute Gasteiger partial charge is 0.409 e. The number of nitrogens with one attached hydrogen (secondary N) is 1. The number of amides is 3. The molecule has 186 valence electrons. The second-order valence-electron chi connectivity index (χ2n) is 10.7. The average Bonchev–Trinajstić information content (AvgIpc) is 3.51. The molecule has 1 aliphatic carbocycles. The molecule has 0 aromatic carbocycles. The second-order valence-corrected chi connectivity index (χ2v) is 10.7. The Morgan fingerprint density at radius 1 is 1.15 bits per heavy atom. The maximum absolute atomic E-state index is 12.9. The summed E-state index contributed by atoms with van der Waals surface area (Å²) in [6, 6.07) is 6.87. The lowest BCUT2D eigenvalue weighted by atomic mass is 9.64. The lowest BCUT2D eigenvalue weighted by Gasteiger charge is -2.52. The van der Waals surface area contributed by atoms with Crippen molar-refractivity contribution in [2.75, 3.05) is 39.3 Å². The summed E-state index contributed by atoms with van der Waals surface area (Å²) in [4.78, 5) is 35.9. The highest BCUT2D eigenvalue weighted by Gasteiger charge is 2.51. The number of piperidine rings is 1. The monoisotopic (exact) mass is 469 g/mol. The molecule has 1 atom stereocenters. The van der Waals surface area contributed by atoms with Crippen LogP contribution in [-0.4, -0.2) is 83.2 Å². The zero-order valence-electron chi connectivity index (χ0n) is 20.5. The third-order valence-corrected chi connectivity index (χ3v) is 8.64. The molecule has 5 rings (SSSR count). The molecular weight excluding hydrogens is 430 g/mol. The van der Waals surface area contributed by atoms with Gasteiger partial charge < -0.3 is 24.8 Å². The van der Waals surface area contributed by atoms with Gasteiger partial charge in [-0.3, -0.25) is 4.98 Å². The lowest BCUT2D eigenvalue weighted by Crippen LogP contribution is -2.55. The number of hydrogen-bond donors (Lipinski definition) is 1. The Morgan fingerprint density at radius 3 is 2.71 bits per heavy atom. The maximum atomic E-state index is 12.9. The number of pyridine rings is 1. The first-order chi connectivity index (χ1) is 16.6. The minimum absolute atomic E-state index is 0.0592. The number of carbonyl (C=O) groups excluding carboxylic acids is 2. The van der Waals surface area contributed by atoms with Gasteiger partial charge in [-0.05, 0) is 88.4 Å². The van der Waals surface area contributed by atoms with Crippen molar-refractivity contribution in [1.82, 2.24) is 25.0 Å². The van der Waals surface area contributed by atoms with E-state index < -0.39 is 0 Å². The van der Waals surface area contributed by atoms with Crippen LogP contribution >= 0.6 is 0 Å². The predicted octanol–water partition coefficient (Wildman–Crippen LogP) is 3.48. The standard InChI is InChI=1S/C26H39N5O3/c1-2-34-25(33)30-15-10-26(19-30)16-22(17-26)29-13-8-20(9-14-29)23-7-5-12-31(23)24(32)28-18-21-6-3-4-11-27-21/h3-4,6,11,20,22-23H,2,5,7-10,12-19H2,1H3,(H,28,32)/t22?,23-,26?/m0/s1. The first-order valence-corrected chi connectivity index (χ1v) is 13.2. The van der Waals surface area contributed by atoms with Crippen molar-refractivity contribution in [2.24, 2.45) is 11.3 Å².